The third kappa shape index (κ3) is 24.9. The van der Waals surface area contributed by atoms with Gasteiger partial charge in [-0.2, -0.15) is 0 Å². The van der Waals surface area contributed by atoms with Gasteiger partial charge < -0.3 is 5.11 Å². The van der Waals surface area contributed by atoms with Crippen molar-refractivity contribution in [2.45, 2.75) is 58.3 Å². The summed E-state index contributed by atoms with van der Waals surface area (Å²) in [5.41, 5.74) is 0. The van der Waals surface area contributed by atoms with Crippen molar-refractivity contribution >= 4 is 5.97 Å². The number of carboxylic acid groups (broad SMARTS) is 1. The second-order valence-corrected chi connectivity index (χ2v) is 3.64. The first-order valence-electron chi connectivity index (χ1n) is 5.42. The number of hydrogen-bond donors (Lipinski definition) is 2. The van der Waals surface area contributed by atoms with Crippen LogP contribution < -0.4 is 0 Å². The Labute approximate surface area is 101 Å². The normalized spacial score (nSPS) is 8.67. The molecule has 15 heavy (non-hydrogen) atoms. The molecule has 0 heterocycles. The van der Waals surface area contributed by atoms with E-state index in [9.17, 15) is 4.79 Å². The molecule has 0 aromatic heterocycles. The fourth-order valence-corrected chi connectivity index (χ4v) is 1.23. The fourth-order valence-electron chi connectivity index (χ4n) is 1.23. The summed E-state index contributed by atoms with van der Waals surface area (Å²) in [7, 11) is 0. The monoisotopic (exact) mass is 253 g/mol. The molecule has 89 valence electrons. The third-order valence-electron chi connectivity index (χ3n) is 1.99. The van der Waals surface area contributed by atoms with Crippen LogP contribution in [0.2, 0.25) is 0 Å². The Balaban J connectivity index is 0. The van der Waals surface area contributed by atoms with Gasteiger partial charge in [-0.1, -0.05) is 45.4 Å². The second-order valence-electron chi connectivity index (χ2n) is 3.36. The van der Waals surface area contributed by atoms with Crippen LogP contribution in [0.1, 0.15) is 58.3 Å². The van der Waals surface area contributed by atoms with Crippen molar-refractivity contribution in [3.05, 3.63) is 0 Å². The van der Waals surface area contributed by atoms with Crippen molar-refractivity contribution in [3.8, 4) is 0 Å². The fraction of sp³-hybridized carbons (Fsp3) is 0.900. The van der Waals surface area contributed by atoms with Crippen LogP contribution in [0, 0.1) is 0 Å². The van der Waals surface area contributed by atoms with E-state index >= 15 is 0 Å². The summed E-state index contributed by atoms with van der Waals surface area (Å²) in [6.07, 6.45) is 8.64. The van der Waals surface area contributed by atoms with Gasteiger partial charge in [0, 0.05) is 6.42 Å². The molecule has 2 N–H and O–H groups in total. The molecule has 0 aromatic rings. The Morgan fingerprint density at radius 1 is 1.07 bits per heavy atom. The number of carbonyl (C=O) groups is 1. The average Bonchev–Trinajstić information content (AvgIpc) is 2.17. The van der Waals surface area contributed by atoms with Gasteiger partial charge in [-0.3, -0.25) is 4.79 Å². The van der Waals surface area contributed by atoms with Gasteiger partial charge in [0.15, 0.2) is 0 Å². The van der Waals surface area contributed by atoms with Crippen molar-refractivity contribution in [3.63, 3.8) is 0 Å². The van der Waals surface area contributed by atoms with Crippen LogP contribution in [-0.2, 0) is 27.6 Å². The number of aliphatic carboxylic acids is 1. The zero-order valence-corrected chi connectivity index (χ0v) is 10.9. The Kier molecular flexibility index (Phi) is 18.9. The number of hydrogen-bond acceptors (Lipinski definition) is 2. The van der Waals surface area contributed by atoms with E-state index in [4.69, 9.17) is 12.1 Å². The molecule has 0 aliphatic heterocycles. The maximum atomic E-state index is 10.1. The molecule has 0 fully saturated rings. The molecule has 0 rings (SSSR count). The summed E-state index contributed by atoms with van der Waals surface area (Å²) in [4.78, 5) is 10.1. The summed E-state index contributed by atoms with van der Waals surface area (Å²) in [5, 5.41) is 8.35. The first-order valence-corrected chi connectivity index (χ1v) is 6.75. The second kappa shape index (κ2) is 16.4. The van der Waals surface area contributed by atoms with Crippen LogP contribution in [0.5, 0.6) is 0 Å². The van der Waals surface area contributed by atoms with Gasteiger partial charge in [-0.25, -0.2) is 0 Å². The van der Waals surface area contributed by atoms with Gasteiger partial charge in [-0.15, -0.1) is 0 Å². The average molecular weight is 253 g/mol. The molecule has 0 spiro atoms. The van der Waals surface area contributed by atoms with Crippen molar-refractivity contribution < 1.29 is 36.4 Å². The molecule has 0 saturated carbocycles. The van der Waals surface area contributed by atoms with Gasteiger partial charge in [0.2, 0.25) is 0 Å². The van der Waals surface area contributed by atoms with Gasteiger partial charge in [0.1, 0.15) is 0 Å². The van der Waals surface area contributed by atoms with E-state index in [1.165, 1.54) is 32.1 Å². The summed E-state index contributed by atoms with van der Waals surface area (Å²) >= 11 is -1.75. The third-order valence-corrected chi connectivity index (χ3v) is 1.99. The predicted octanol–water partition coefficient (Wildman–Crippen LogP) is 2.53. The van der Waals surface area contributed by atoms with Crippen molar-refractivity contribution in [1.29, 1.82) is 0 Å². The quantitative estimate of drug-likeness (QED) is 0.515. The van der Waals surface area contributed by atoms with Crippen molar-refractivity contribution in [1.82, 2.24) is 0 Å². The molecule has 0 aromatic carbocycles. The first kappa shape index (κ1) is 17.3. The van der Waals surface area contributed by atoms with Gasteiger partial charge in [0.05, 0.1) is 0 Å². The molecular formula is C10H21O4Ti. The molecular weight excluding hydrogens is 232 g/mol. The summed E-state index contributed by atoms with van der Waals surface area (Å²) in [6.45, 7) is 2.20. The number of unbranched alkanes of at least 4 members (excludes halogenated alkanes) is 6. The molecule has 0 aliphatic rings. The SMILES string of the molecule is CCCCCCCCCC(=O)O.[O]=[Ti][OH]. The van der Waals surface area contributed by atoms with Crippen LogP contribution in [0.15, 0.2) is 0 Å². The van der Waals surface area contributed by atoms with E-state index in [1.54, 1.807) is 0 Å². The topological polar surface area (TPSA) is 74.6 Å². The van der Waals surface area contributed by atoms with E-state index in [-0.39, 0.29) is 0 Å². The molecule has 0 amide bonds. The number of rotatable bonds is 8. The van der Waals surface area contributed by atoms with Crippen molar-refractivity contribution in [2.24, 2.45) is 0 Å². The summed E-state index contributed by atoms with van der Waals surface area (Å²) in [5.74, 6) is -0.663. The standard InChI is InChI=1S/C10H20O2.H2O.O.Ti/c1-2-3-4-5-6-7-8-9-10(11)12;;;/h2-9H2,1H3,(H,11,12);1H2;;/q;;;+1/p-1. The Morgan fingerprint density at radius 2 is 1.47 bits per heavy atom. The Bertz CT molecular complexity index is 150. The van der Waals surface area contributed by atoms with Crippen LogP contribution in [0.3, 0.4) is 0 Å². The van der Waals surface area contributed by atoms with E-state index in [0.717, 1.165) is 12.8 Å². The first-order chi connectivity index (χ1) is 7.18. The molecule has 0 atom stereocenters. The summed E-state index contributed by atoms with van der Waals surface area (Å²) < 4.78 is 15.8. The van der Waals surface area contributed by atoms with Gasteiger partial charge in [-0.05, 0) is 6.42 Å². The van der Waals surface area contributed by atoms with E-state index in [1.807, 2.05) is 0 Å². The minimum atomic E-state index is -1.75. The van der Waals surface area contributed by atoms with Gasteiger partial charge in [0.25, 0.3) is 0 Å². The van der Waals surface area contributed by atoms with E-state index in [0.29, 0.717) is 6.42 Å². The zero-order chi connectivity index (χ0) is 11.9. The van der Waals surface area contributed by atoms with Crippen LogP contribution in [-0.4, -0.2) is 14.8 Å². The molecule has 0 bridgehead atoms. The molecule has 5 heteroatoms. The molecule has 0 aliphatic carbocycles. The van der Waals surface area contributed by atoms with E-state index < -0.39 is 25.5 Å². The van der Waals surface area contributed by atoms with Crippen LogP contribution >= 0.6 is 0 Å². The number of carboxylic acids is 1. The van der Waals surface area contributed by atoms with Crippen LogP contribution in [0.25, 0.3) is 0 Å². The van der Waals surface area contributed by atoms with Crippen LogP contribution in [0.4, 0.5) is 0 Å². The van der Waals surface area contributed by atoms with Gasteiger partial charge >= 0.3 is 32.5 Å². The molecule has 4 nitrogen and oxygen atoms in total. The minimum absolute atomic E-state index is 0.341. The summed E-state index contributed by atoms with van der Waals surface area (Å²) in [6, 6.07) is 0. The maximum absolute atomic E-state index is 10.1. The molecule has 0 saturated heterocycles. The predicted molar refractivity (Wildman–Crippen MR) is 53.2 cm³/mol. The van der Waals surface area contributed by atoms with Crippen molar-refractivity contribution in [2.75, 3.05) is 0 Å². The molecule has 0 unspecified atom stereocenters. The van der Waals surface area contributed by atoms with E-state index in [2.05, 4.69) is 6.92 Å². The Morgan fingerprint density at radius 3 is 1.87 bits per heavy atom. The molecule has 0 radical (unpaired) electrons. The Hall–Kier alpha value is -0.0557. The zero-order valence-electron chi connectivity index (χ0n) is 9.37.